The van der Waals surface area contributed by atoms with Crippen molar-refractivity contribution in [3.05, 3.63) is 0 Å². The van der Waals surface area contributed by atoms with Crippen molar-refractivity contribution in [1.29, 1.82) is 0 Å². The molecule has 112 valence electrons. The lowest BCUT2D eigenvalue weighted by Crippen LogP contribution is -2.29. The van der Waals surface area contributed by atoms with Gasteiger partial charge < -0.3 is 16.6 Å². The molecule has 5 N–H and O–H groups in total. The van der Waals surface area contributed by atoms with Crippen molar-refractivity contribution in [1.82, 2.24) is 0 Å². The highest BCUT2D eigenvalue weighted by atomic mass is 16.4. The molecule has 0 aromatic rings. The summed E-state index contributed by atoms with van der Waals surface area (Å²) in [6.45, 7) is 0.587. The molecular formula is C14H28N2O3. The van der Waals surface area contributed by atoms with E-state index in [1.54, 1.807) is 0 Å². The fourth-order valence-corrected chi connectivity index (χ4v) is 2.12. The monoisotopic (exact) mass is 272 g/mol. The molecule has 0 spiro atoms. The Balaban J connectivity index is 3.51. The van der Waals surface area contributed by atoms with Crippen molar-refractivity contribution in [2.24, 2.45) is 17.4 Å². The van der Waals surface area contributed by atoms with Crippen LogP contribution in [0.4, 0.5) is 0 Å². The van der Waals surface area contributed by atoms with E-state index >= 15 is 0 Å². The number of Topliss-reactive ketones (excluding diaryl/α,β-unsaturated/α-hetero) is 1. The number of nitrogens with two attached hydrogens (primary N) is 2. The van der Waals surface area contributed by atoms with E-state index in [0.717, 1.165) is 32.2 Å². The first kappa shape index (κ1) is 18.1. The molecule has 0 heterocycles. The number of unbranched alkanes of at least 4 members (excludes halogenated alkanes) is 7. The summed E-state index contributed by atoms with van der Waals surface area (Å²) < 4.78 is 0. The Labute approximate surface area is 115 Å². The van der Waals surface area contributed by atoms with Crippen LogP contribution in [0.1, 0.15) is 57.8 Å². The van der Waals surface area contributed by atoms with E-state index in [4.69, 9.17) is 16.6 Å². The number of rotatable bonds is 13. The lowest BCUT2D eigenvalue weighted by Gasteiger charge is -2.09. The van der Waals surface area contributed by atoms with Crippen LogP contribution in [-0.2, 0) is 9.59 Å². The molecule has 0 aromatic heterocycles. The molecule has 0 fully saturated rings. The number of hydrogen-bond acceptors (Lipinski definition) is 4. The molecule has 0 rings (SSSR count). The van der Waals surface area contributed by atoms with Crippen LogP contribution in [0.3, 0.4) is 0 Å². The molecule has 19 heavy (non-hydrogen) atoms. The van der Waals surface area contributed by atoms with E-state index in [0.29, 0.717) is 6.42 Å². The molecule has 0 saturated carbocycles. The fraction of sp³-hybridized carbons (Fsp3) is 0.857. The Morgan fingerprint density at radius 1 is 0.842 bits per heavy atom. The highest BCUT2D eigenvalue weighted by Crippen LogP contribution is 2.14. The molecular weight excluding hydrogens is 244 g/mol. The van der Waals surface area contributed by atoms with Crippen molar-refractivity contribution >= 4 is 11.8 Å². The highest BCUT2D eigenvalue weighted by Gasteiger charge is 2.23. The molecule has 0 aliphatic heterocycles. The molecule has 0 aliphatic rings. The first-order valence-corrected chi connectivity index (χ1v) is 7.29. The van der Waals surface area contributed by atoms with Gasteiger partial charge in [-0.15, -0.1) is 0 Å². The third kappa shape index (κ3) is 9.62. The zero-order valence-electron chi connectivity index (χ0n) is 11.8. The molecule has 5 nitrogen and oxygen atoms in total. The van der Waals surface area contributed by atoms with Crippen LogP contribution in [0.25, 0.3) is 0 Å². The molecule has 0 aliphatic carbocycles. The first-order chi connectivity index (χ1) is 9.13. The minimum Gasteiger partial charge on any atom is -0.481 e. The summed E-state index contributed by atoms with van der Waals surface area (Å²) in [7, 11) is 0. The minimum absolute atomic E-state index is 0.182. The average molecular weight is 272 g/mol. The number of carbonyl (C=O) groups excluding carboxylic acids is 1. The predicted octanol–water partition coefficient (Wildman–Crippen LogP) is 1.68. The van der Waals surface area contributed by atoms with Crippen molar-refractivity contribution in [2.45, 2.75) is 57.8 Å². The van der Waals surface area contributed by atoms with Crippen LogP contribution in [-0.4, -0.2) is 29.9 Å². The van der Waals surface area contributed by atoms with E-state index < -0.39 is 11.9 Å². The van der Waals surface area contributed by atoms with Gasteiger partial charge in [0.25, 0.3) is 0 Å². The topological polar surface area (TPSA) is 106 Å². The zero-order valence-corrected chi connectivity index (χ0v) is 11.8. The summed E-state index contributed by atoms with van der Waals surface area (Å²) in [5.41, 5.74) is 10.6. The lowest BCUT2D eigenvalue weighted by molar-refractivity contribution is -0.146. The predicted molar refractivity (Wildman–Crippen MR) is 75.8 cm³/mol. The van der Waals surface area contributed by atoms with Gasteiger partial charge in [0.1, 0.15) is 5.92 Å². The van der Waals surface area contributed by atoms with Crippen LogP contribution in [0, 0.1) is 5.92 Å². The van der Waals surface area contributed by atoms with Crippen LogP contribution >= 0.6 is 0 Å². The van der Waals surface area contributed by atoms with Gasteiger partial charge in [0.15, 0.2) is 5.78 Å². The molecule has 0 radical (unpaired) electrons. The van der Waals surface area contributed by atoms with Gasteiger partial charge in [0, 0.05) is 0 Å². The number of aliphatic carboxylic acids is 1. The third-order valence-corrected chi connectivity index (χ3v) is 3.33. The lowest BCUT2D eigenvalue weighted by atomic mass is 9.96. The molecule has 0 amide bonds. The Morgan fingerprint density at radius 2 is 1.32 bits per heavy atom. The maximum Gasteiger partial charge on any atom is 0.314 e. The maximum absolute atomic E-state index is 11.3. The largest absolute Gasteiger partial charge is 0.481 e. The summed E-state index contributed by atoms with van der Waals surface area (Å²) in [6.07, 6.45) is 9.19. The third-order valence-electron chi connectivity index (χ3n) is 3.33. The van der Waals surface area contributed by atoms with E-state index in [9.17, 15) is 9.59 Å². The quantitative estimate of drug-likeness (QED) is 0.349. The second-order valence-electron chi connectivity index (χ2n) is 4.97. The molecule has 5 heteroatoms. The maximum atomic E-state index is 11.3. The minimum atomic E-state index is -1.04. The van der Waals surface area contributed by atoms with Crippen LogP contribution in [0.2, 0.25) is 0 Å². The van der Waals surface area contributed by atoms with E-state index in [2.05, 4.69) is 0 Å². The summed E-state index contributed by atoms with van der Waals surface area (Å²) >= 11 is 0. The molecule has 0 saturated heterocycles. The number of ketones is 1. The van der Waals surface area contributed by atoms with Gasteiger partial charge in [-0.25, -0.2) is 0 Å². The van der Waals surface area contributed by atoms with Gasteiger partial charge >= 0.3 is 5.97 Å². The summed E-state index contributed by atoms with van der Waals surface area (Å²) in [5, 5.41) is 8.91. The van der Waals surface area contributed by atoms with Gasteiger partial charge in [0.2, 0.25) is 0 Å². The summed E-state index contributed by atoms with van der Waals surface area (Å²) in [5.74, 6) is -2.32. The molecule has 1 unspecified atom stereocenters. The Bertz CT molecular complexity index is 257. The van der Waals surface area contributed by atoms with E-state index in [-0.39, 0.29) is 12.3 Å². The number of carboxylic acids is 1. The second kappa shape index (κ2) is 12.1. The number of carboxylic acid groups (broad SMARTS) is 1. The first-order valence-electron chi connectivity index (χ1n) is 7.29. The Hall–Kier alpha value is -0.940. The van der Waals surface area contributed by atoms with Gasteiger partial charge in [-0.1, -0.05) is 44.9 Å². The van der Waals surface area contributed by atoms with Crippen molar-refractivity contribution in [3.8, 4) is 0 Å². The van der Waals surface area contributed by atoms with Crippen LogP contribution in [0.15, 0.2) is 0 Å². The fourth-order valence-electron chi connectivity index (χ4n) is 2.12. The van der Waals surface area contributed by atoms with Crippen molar-refractivity contribution < 1.29 is 14.7 Å². The van der Waals surface area contributed by atoms with Gasteiger partial charge in [-0.05, 0) is 19.4 Å². The van der Waals surface area contributed by atoms with Gasteiger partial charge in [-0.2, -0.15) is 0 Å². The smallest absolute Gasteiger partial charge is 0.314 e. The van der Waals surface area contributed by atoms with Crippen LogP contribution < -0.4 is 11.5 Å². The Morgan fingerprint density at radius 3 is 1.74 bits per heavy atom. The SMILES string of the molecule is NCCCCCCCCCCC(C(=O)O)C(=O)CN. The number of carbonyl (C=O) groups is 2. The zero-order chi connectivity index (χ0) is 14.5. The Kier molecular flexibility index (Phi) is 11.5. The highest BCUT2D eigenvalue weighted by molar-refractivity contribution is 5.99. The molecule has 0 bridgehead atoms. The number of hydrogen-bond donors (Lipinski definition) is 3. The van der Waals surface area contributed by atoms with Crippen molar-refractivity contribution in [2.75, 3.05) is 13.1 Å². The standard InChI is InChI=1S/C14H28N2O3/c15-10-8-6-4-2-1-3-5-7-9-12(14(18)19)13(17)11-16/h12H,1-11,15-16H2,(H,18,19). The van der Waals surface area contributed by atoms with Crippen LogP contribution in [0.5, 0.6) is 0 Å². The summed E-state index contributed by atoms with van der Waals surface area (Å²) in [4.78, 5) is 22.2. The molecule has 0 aromatic carbocycles. The van der Waals surface area contributed by atoms with Crippen molar-refractivity contribution in [3.63, 3.8) is 0 Å². The second-order valence-corrected chi connectivity index (χ2v) is 4.97. The van der Waals surface area contributed by atoms with Gasteiger partial charge in [0.05, 0.1) is 6.54 Å². The normalized spacial score (nSPS) is 12.3. The average Bonchev–Trinajstić information content (AvgIpc) is 2.40. The molecule has 1 atom stereocenters. The summed E-state index contributed by atoms with van der Waals surface area (Å²) in [6, 6.07) is 0. The van der Waals surface area contributed by atoms with E-state index in [1.807, 2.05) is 0 Å². The van der Waals surface area contributed by atoms with E-state index in [1.165, 1.54) is 25.7 Å². The van der Waals surface area contributed by atoms with Gasteiger partial charge in [-0.3, -0.25) is 9.59 Å².